The van der Waals surface area contributed by atoms with Crippen molar-refractivity contribution in [1.82, 2.24) is 14.5 Å². The number of aromatic nitrogens is 2. The van der Waals surface area contributed by atoms with Gasteiger partial charge in [-0.1, -0.05) is 0 Å². The number of nitrogens with zero attached hydrogens (tertiary/aromatic N) is 3. The highest BCUT2D eigenvalue weighted by Crippen LogP contribution is 2.29. The van der Waals surface area contributed by atoms with Gasteiger partial charge in [-0.15, -0.1) is 5.10 Å². The number of sulfonamides is 1. The standard InChI is InChI=1S/C16H18FN3O4S/c1-23-14-7-6-12(17)10-15(14)25(21,22)20-9-3-4-13(11-20)24-16-5-2-8-18-19-16/h2,5-8,10,13H,3-4,9,11H2,1H3. The van der Waals surface area contributed by atoms with Crippen LogP contribution in [-0.4, -0.2) is 49.2 Å². The molecule has 1 aromatic carbocycles. The van der Waals surface area contributed by atoms with E-state index in [4.69, 9.17) is 9.47 Å². The molecule has 0 aliphatic carbocycles. The van der Waals surface area contributed by atoms with Crippen LogP contribution in [0.2, 0.25) is 0 Å². The lowest BCUT2D eigenvalue weighted by atomic mass is 10.1. The van der Waals surface area contributed by atoms with Crippen molar-refractivity contribution in [3.05, 3.63) is 42.3 Å². The van der Waals surface area contributed by atoms with Crippen LogP contribution in [0.25, 0.3) is 0 Å². The Morgan fingerprint density at radius 2 is 2.16 bits per heavy atom. The van der Waals surface area contributed by atoms with Crippen LogP contribution in [0.4, 0.5) is 4.39 Å². The van der Waals surface area contributed by atoms with Gasteiger partial charge >= 0.3 is 0 Å². The maximum absolute atomic E-state index is 13.6. The molecule has 0 spiro atoms. The predicted octanol–water partition coefficient (Wildman–Crippen LogP) is 1.86. The zero-order chi connectivity index (χ0) is 17.9. The molecule has 2 heterocycles. The van der Waals surface area contributed by atoms with E-state index in [1.54, 1.807) is 12.1 Å². The average molecular weight is 367 g/mol. The molecule has 1 unspecified atom stereocenters. The van der Waals surface area contributed by atoms with Crippen molar-refractivity contribution in [2.45, 2.75) is 23.8 Å². The summed E-state index contributed by atoms with van der Waals surface area (Å²) in [7, 11) is -2.55. The second-order valence-electron chi connectivity index (χ2n) is 5.60. The van der Waals surface area contributed by atoms with Gasteiger partial charge in [0, 0.05) is 18.8 Å². The van der Waals surface area contributed by atoms with E-state index in [-0.39, 0.29) is 23.3 Å². The summed E-state index contributed by atoms with van der Waals surface area (Å²) in [5.41, 5.74) is 0. The fourth-order valence-corrected chi connectivity index (χ4v) is 4.41. The zero-order valence-corrected chi connectivity index (χ0v) is 14.4. The van der Waals surface area contributed by atoms with Gasteiger partial charge in [-0.05, 0) is 37.1 Å². The molecule has 25 heavy (non-hydrogen) atoms. The van der Waals surface area contributed by atoms with Crippen LogP contribution in [0.1, 0.15) is 12.8 Å². The predicted molar refractivity (Wildman–Crippen MR) is 87.4 cm³/mol. The molecular weight excluding hydrogens is 349 g/mol. The summed E-state index contributed by atoms with van der Waals surface area (Å²) in [6.07, 6.45) is 2.51. The first-order valence-corrected chi connectivity index (χ1v) is 9.23. The molecule has 9 heteroatoms. The number of ether oxygens (including phenoxy) is 2. The monoisotopic (exact) mass is 367 g/mol. The summed E-state index contributed by atoms with van der Waals surface area (Å²) in [4.78, 5) is -0.185. The molecular formula is C16H18FN3O4S. The van der Waals surface area contributed by atoms with E-state index in [0.29, 0.717) is 25.3 Å². The molecule has 1 aromatic heterocycles. The Balaban J connectivity index is 1.81. The van der Waals surface area contributed by atoms with Gasteiger partial charge < -0.3 is 9.47 Å². The maximum Gasteiger partial charge on any atom is 0.246 e. The Bertz CT molecular complexity index is 833. The van der Waals surface area contributed by atoms with E-state index in [1.165, 1.54) is 23.7 Å². The molecule has 1 fully saturated rings. The number of hydrogen-bond donors (Lipinski definition) is 0. The van der Waals surface area contributed by atoms with Crippen molar-refractivity contribution < 1.29 is 22.3 Å². The Hall–Kier alpha value is -2.26. The van der Waals surface area contributed by atoms with Crippen LogP contribution < -0.4 is 9.47 Å². The molecule has 2 aromatic rings. The lowest BCUT2D eigenvalue weighted by molar-refractivity contribution is 0.123. The molecule has 0 amide bonds. The lowest BCUT2D eigenvalue weighted by Gasteiger charge is -2.32. The summed E-state index contributed by atoms with van der Waals surface area (Å²) >= 11 is 0. The Labute approximate surface area is 145 Å². The Morgan fingerprint density at radius 1 is 1.32 bits per heavy atom. The van der Waals surface area contributed by atoms with Crippen molar-refractivity contribution in [1.29, 1.82) is 0 Å². The van der Waals surface area contributed by atoms with E-state index < -0.39 is 15.8 Å². The molecule has 134 valence electrons. The van der Waals surface area contributed by atoms with Crippen LogP contribution >= 0.6 is 0 Å². The highest BCUT2D eigenvalue weighted by Gasteiger charge is 2.33. The third-order valence-electron chi connectivity index (χ3n) is 3.92. The minimum Gasteiger partial charge on any atom is -0.495 e. The first-order valence-electron chi connectivity index (χ1n) is 7.79. The van der Waals surface area contributed by atoms with E-state index >= 15 is 0 Å². The summed E-state index contributed by atoms with van der Waals surface area (Å²) < 4.78 is 51.5. The minimum absolute atomic E-state index is 0.110. The molecule has 7 nitrogen and oxygen atoms in total. The molecule has 3 rings (SSSR count). The van der Waals surface area contributed by atoms with Gasteiger partial charge in [0.15, 0.2) is 0 Å². The van der Waals surface area contributed by atoms with Gasteiger partial charge in [-0.25, -0.2) is 12.8 Å². The number of benzene rings is 1. The number of methoxy groups -OCH3 is 1. The first-order chi connectivity index (χ1) is 12.0. The van der Waals surface area contributed by atoms with Crippen molar-refractivity contribution in [2.75, 3.05) is 20.2 Å². The van der Waals surface area contributed by atoms with Gasteiger partial charge in [0.1, 0.15) is 22.6 Å². The molecule has 0 saturated carbocycles. The third-order valence-corrected chi connectivity index (χ3v) is 5.81. The smallest absolute Gasteiger partial charge is 0.246 e. The highest BCUT2D eigenvalue weighted by molar-refractivity contribution is 7.89. The second-order valence-corrected chi connectivity index (χ2v) is 7.51. The summed E-state index contributed by atoms with van der Waals surface area (Å²) in [5, 5.41) is 7.58. The van der Waals surface area contributed by atoms with E-state index in [9.17, 15) is 12.8 Å². The average Bonchev–Trinajstić information content (AvgIpc) is 2.63. The van der Waals surface area contributed by atoms with Crippen LogP contribution in [0.15, 0.2) is 41.4 Å². The topological polar surface area (TPSA) is 81.6 Å². The normalized spacial score (nSPS) is 18.7. The Kier molecular flexibility index (Phi) is 5.14. The molecule has 0 bridgehead atoms. The van der Waals surface area contributed by atoms with Crippen molar-refractivity contribution in [3.8, 4) is 11.6 Å². The molecule has 1 aliphatic heterocycles. The number of rotatable bonds is 5. The van der Waals surface area contributed by atoms with E-state index in [1.807, 2.05) is 0 Å². The highest BCUT2D eigenvalue weighted by atomic mass is 32.2. The van der Waals surface area contributed by atoms with E-state index in [2.05, 4.69) is 10.2 Å². The van der Waals surface area contributed by atoms with Crippen molar-refractivity contribution in [2.24, 2.45) is 0 Å². The van der Waals surface area contributed by atoms with Gasteiger partial charge in [0.25, 0.3) is 0 Å². The Morgan fingerprint density at radius 3 is 2.88 bits per heavy atom. The zero-order valence-electron chi connectivity index (χ0n) is 13.6. The van der Waals surface area contributed by atoms with Crippen LogP contribution in [0.5, 0.6) is 11.6 Å². The van der Waals surface area contributed by atoms with Gasteiger partial charge in [-0.3, -0.25) is 0 Å². The summed E-state index contributed by atoms with van der Waals surface area (Å²) in [5.74, 6) is -0.183. The van der Waals surface area contributed by atoms with Crippen molar-refractivity contribution in [3.63, 3.8) is 0 Å². The van der Waals surface area contributed by atoms with Crippen LogP contribution in [0, 0.1) is 5.82 Å². The SMILES string of the molecule is COc1ccc(F)cc1S(=O)(=O)N1CCCC(Oc2cccnn2)C1. The fraction of sp³-hybridized carbons (Fsp3) is 0.375. The molecule has 1 saturated heterocycles. The summed E-state index contributed by atoms with van der Waals surface area (Å²) in [6, 6.07) is 6.79. The van der Waals surface area contributed by atoms with Gasteiger partial charge in [0.05, 0.1) is 13.7 Å². The molecule has 0 N–H and O–H groups in total. The molecule has 1 atom stereocenters. The lowest BCUT2D eigenvalue weighted by Crippen LogP contribution is -2.44. The van der Waals surface area contributed by atoms with Gasteiger partial charge in [-0.2, -0.15) is 9.40 Å². The van der Waals surface area contributed by atoms with Crippen molar-refractivity contribution >= 4 is 10.0 Å². The van der Waals surface area contributed by atoms with E-state index in [0.717, 1.165) is 12.1 Å². The number of piperidine rings is 1. The fourth-order valence-electron chi connectivity index (χ4n) is 2.73. The minimum atomic E-state index is -3.90. The maximum atomic E-state index is 13.6. The number of hydrogen-bond acceptors (Lipinski definition) is 6. The second kappa shape index (κ2) is 7.32. The summed E-state index contributed by atoms with van der Waals surface area (Å²) in [6.45, 7) is 0.487. The number of halogens is 1. The first kappa shape index (κ1) is 17.6. The van der Waals surface area contributed by atoms with Crippen LogP contribution in [0.3, 0.4) is 0 Å². The van der Waals surface area contributed by atoms with Crippen LogP contribution in [-0.2, 0) is 10.0 Å². The quantitative estimate of drug-likeness (QED) is 0.802. The third kappa shape index (κ3) is 3.88. The molecule has 0 radical (unpaired) electrons. The largest absolute Gasteiger partial charge is 0.495 e. The van der Waals surface area contributed by atoms with Gasteiger partial charge in [0.2, 0.25) is 15.9 Å². The molecule has 1 aliphatic rings.